The maximum absolute atomic E-state index is 8.98. The molecule has 1 atom stereocenters. The van der Waals surface area contributed by atoms with E-state index in [0.29, 0.717) is 24.7 Å². The molecule has 0 bridgehead atoms. The van der Waals surface area contributed by atoms with Gasteiger partial charge in [0.15, 0.2) is 11.5 Å². The minimum absolute atomic E-state index is 0.292. The molecule has 0 aliphatic rings. The van der Waals surface area contributed by atoms with Crippen molar-refractivity contribution in [3.8, 4) is 17.6 Å². The molecule has 0 saturated carbocycles. The van der Waals surface area contributed by atoms with E-state index in [4.69, 9.17) is 14.7 Å². The summed E-state index contributed by atoms with van der Waals surface area (Å²) in [4.78, 5) is 0. The van der Waals surface area contributed by atoms with Gasteiger partial charge in [-0.05, 0) is 32.0 Å². The van der Waals surface area contributed by atoms with E-state index in [1.165, 1.54) is 0 Å². The van der Waals surface area contributed by atoms with Crippen LogP contribution in [0.2, 0.25) is 0 Å². The molecule has 1 N–H and O–H groups in total. The first-order valence-electron chi connectivity index (χ1n) is 6.29. The van der Waals surface area contributed by atoms with E-state index in [0.717, 1.165) is 13.0 Å². The first kappa shape index (κ1) is 14.3. The van der Waals surface area contributed by atoms with Crippen LogP contribution >= 0.6 is 0 Å². The quantitative estimate of drug-likeness (QED) is 0.767. The molecule has 1 aromatic carbocycles. The van der Waals surface area contributed by atoms with Gasteiger partial charge in [0.05, 0.1) is 12.7 Å². The van der Waals surface area contributed by atoms with Gasteiger partial charge in [0, 0.05) is 0 Å². The van der Waals surface area contributed by atoms with Crippen LogP contribution in [0.15, 0.2) is 24.3 Å². The van der Waals surface area contributed by atoms with Gasteiger partial charge >= 0.3 is 0 Å². The summed E-state index contributed by atoms with van der Waals surface area (Å²) in [5.74, 6) is 1.39. The van der Waals surface area contributed by atoms with Crippen molar-refractivity contribution >= 4 is 0 Å². The predicted molar refractivity (Wildman–Crippen MR) is 70.8 cm³/mol. The van der Waals surface area contributed by atoms with Crippen LogP contribution in [0.4, 0.5) is 0 Å². The first-order chi connectivity index (χ1) is 8.81. The van der Waals surface area contributed by atoms with E-state index in [9.17, 15) is 0 Å². The van der Waals surface area contributed by atoms with Crippen LogP contribution in [0.5, 0.6) is 11.5 Å². The number of ether oxygens (including phenoxy) is 2. The molecule has 1 rings (SSSR count). The first-order valence-corrected chi connectivity index (χ1v) is 6.29. The van der Waals surface area contributed by atoms with Crippen molar-refractivity contribution in [1.29, 1.82) is 5.26 Å². The molecule has 0 aliphatic heterocycles. The Hall–Kier alpha value is -1.73. The number of nitriles is 1. The molecule has 0 radical (unpaired) electrons. The number of nitrogens with zero attached hydrogens (tertiary/aromatic N) is 1. The zero-order chi connectivity index (χ0) is 13.2. The summed E-state index contributed by atoms with van der Waals surface area (Å²) >= 11 is 0. The molecule has 0 saturated heterocycles. The third-order valence-corrected chi connectivity index (χ3v) is 2.35. The molecule has 0 aromatic heterocycles. The van der Waals surface area contributed by atoms with Crippen molar-refractivity contribution in [1.82, 2.24) is 5.32 Å². The fourth-order valence-electron chi connectivity index (χ4n) is 1.48. The summed E-state index contributed by atoms with van der Waals surface area (Å²) in [5, 5.41) is 12.1. The van der Waals surface area contributed by atoms with Gasteiger partial charge in [0.2, 0.25) is 0 Å². The van der Waals surface area contributed by atoms with E-state index in [-0.39, 0.29) is 6.04 Å². The molecule has 0 fully saturated rings. The third kappa shape index (κ3) is 4.64. The normalized spacial score (nSPS) is 11.6. The average molecular weight is 248 g/mol. The average Bonchev–Trinajstić information content (AvgIpc) is 2.41. The molecule has 98 valence electrons. The topological polar surface area (TPSA) is 54.3 Å². The molecule has 18 heavy (non-hydrogen) atoms. The van der Waals surface area contributed by atoms with Crippen LogP contribution in [-0.4, -0.2) is 25.8 Å². The van der Waals surface area contributed by atoms with Crippen molar-refractivity contribution < 1.29 is 9.47 Å². The van der Waals surface area contributed by atoms with Crippen LogP contribution in [0.25, 0.3) is 0 Å². The second-order valence-electron chi connectivity index (χ2n) is 3.83. The summed E-state index contributed by atoms with van der Waals surface area (Å²) in [6.07, 6.45) is 0.994. The third-order valence-electron chi connectivity index (χ3n) is 2.35. The van der Waals surface area contributed by atoms with E-state index in [1.807, 2.05) is 31.2 Å². The lowest BCUT2D eigenvalue weighted by molar-refractivity contribution is 0.261. The summed E-state index contributed by atoms with van der Waals surface area (Å²) in [7, 11) is 0. The van der Waals surface area contributed by atoms with Gasteiger partial charge in [-0.3, -0.25) is 5.32 Å². The Morgan fingerprint density at radius 2 is 1.89 bits per heavy atom. The predicted octanol–water partition coefficient (Wildman–Crippen LogP) is 2.36. The largest absolute Gasteiger partial charge is 0.490 e. The van der Waals surface area contributed by atoms with E-state index < -0.39 is 0 Å². The Balaban J connectivity index is 2.53. The number of hydrogen-bond donors (Lipinski definition) is 1. The second kappa shape index (κ2) is 8.37. The van der Waals surface area contributed by atoms with Crippen molar-refractivity contribution in [2.45, 2.75) is 26.3 Å². The van der Waals surface area contributed by atoms with Crippen LogP contribution in [0, 0.1) is 11.3 Å². The molecule has 0 amide bonds. The number of rotatable bonds is 8. The van der Waals surface area contributed by atoms with Crippen LogP contribution < -0.4 is 14.8 Å². The second-order valence-corrected chi connectivity index (χ2v) is 3.83. The molecule has 1 unspecified atom stereocenters. The molecule has 1 aromatic rings. The number of benzene rings is 1. The lowest BCUT2D eigenvalue weighted by Crippen LogP contribution is -2.33. The molecular formula is C14H20N2O2. The minimum atomic E-state index is -0.292. The molecule has 0 heterocycles. The van der Waals surface area contributed by atoms with Gasteiger partial charge in [-0.2, -0.15) is 5.26 Å². The van der Waals surface area contributed by atoms with Crippen molar-refractivity contribution in [3.63, 3.8) is 0 Å². The lowest BCUT2D eigenvalue weighted by Gasteiger charge is -2.14. The highest BCUT2D eigenvalue weighted by atomic mass is 16.5. The molecule has 4 heteroatoms. The Kier molecular flexibility index (Phi) is 6.67. The molecule has 0 aliphatic carbocycles. The maximum atomic E-state index is 8.98. The van der Waals surface area contributed by atoms with Crippen molar-refractivity contribution in [2.24, 2.45) is 0 Å². The van der Waals surface area contributed by atoms with Gasteiger partial charge in [-0.15, -0.1) is 0 Å². The van der Waals surface area contributed by atoms with Crippen LogP contribution in [0.1, 0.15) is 20.3 Å². The Labute approximate surface area is 109 Å². The van der Waals surface area contributed by atoms with Crippen LogP contribution in [-0.2, 0) is 0 Å². The maximum Gasteiger partial charge on any atom is 0.161 e. The van der Waals surface area contributed by atoms with Gasteiger partial charge in [-0.1, -0.05) is 19.1 Å². The number of nitrogens with one attached hydrogen (secondary N) is 1. The Morgan fingerprint density at radius 1 is 1.22 bits per heavy atom. The summed E-state index contributed by atoms with van der Waals surface area (Å²) < 4.78 is 11.1. The zero-order valence-electron chi connectivity index (χ0n) is 11.0. The highest BCUT2D eigenvalue weighted by Gasteiger charge is 2.09. The van der Waals surface area contributed by atoms with Gasteiger partial charge in [0.1, 0.15) is 12.6 Å². The number of para-hydroxylation sites is 2. The van der Waals surface area contributed by atoms with Crippen molar-refractivity contribution in [2.75, 3.05) is 19.8 Å². The standard InChI is InChI=1S/C14H20N2O2/c1-3-9-16-12(10-15)11-18-14-8-6-5-7-13(14)17-4-2/h5-8,12,16H,3-4,9,11H2,1-2H3. The van der Waals surface area contributed by atoms with Crippen molar-refractivity contribution in [3.05, 3.63) is 24.3 Å². The Bertz CT molecular complexity index is 388. The fraction of sp³-hybridized carbons (Fsp3) is 0.500. The van der Waals surface area contributed by atoms with Gasteiger partial charge < -0.3 is 9.47 Å². The van der Waals surface area contributed by atoms with E-state index >= 15 is 0 Å². The lowest BCUT2D eigenvalue weighted by atomic mass is 10.3. The highest BCUT2D eigenvalue weighted by Crippen LogP contribution is 2.26. The number of hydrogen-bond acceptors (Lipinski definition) is 4. The summed E-state index contributed by atoms with van der Waals surface area (Å²) in [6.45, 7) is 5.72. The minimum Gasteiger partial charge on any atom is -0.490 e. The van der Waals surface area contributed by atoms with Crippen LogP contribution in [0.3, 0.4) is 0 Å². The monoisotopic (exact) mass is 248 g/mol. The van der Waals surface area contributed by atoms with E-state index in [1.54, 1.807) is 0 Å². The Morgan fingerprint density at radius 3 is 2.44 bits per heavy atom. The smallest absolute Gasteiger partial charge is 0.161 e. The molecular weight excluding hydrogens is 228 g/mol. The molecule has 0 spiro atoms. The van der Waals surface area contributed by atoms with Gasteiger partial charge in [0.25, 0.3) is 0 Å². The highest BCUT2D eigenvalue weighted by molar-refractivity contribution is 5.39. The summed E-state index contributed by atoms with van der Waals surface area (Å²) in [5.41, 5.74) is 0. The molecule has 4 nitrogen and oxygen atoms in total. The SMILES string of the molecule is CCCNC(C#N)COc1ccccc1OCC. The summed E-state index contributed by atoms with van der Waals surface area (Å²) in [6, 6.07) is 9.38. The fourth-order valence-corrected chi connectivity index (χ4v) is 1.48. The van der Waals surface area contributed by atoms with Gasteiger partial charge in [-0.25, -0.2) is 0 Å². The zero-order valence-corrected chi connectivity index (χ0v) is 11.0. The van der Waals surface area contributed by atoms with E-state index in [2.05, 4.69) is 18.3 Å².